The number of halogens is 1. The van der Waals surface area contributed by atoms with Gasteiger partial charge in [0.1, 0.15) is 14.0 Å². The molecule has 0 bridgehead atoms. The Morgan fingerprint density at radius 1 is 1.29 bits per heavy atom. The fourth-order valence-electron chi connectivity index (χ4n) is 3.17. The maximum atomic E-state index is 12.9. The van der Waals surface area contributed by atoms with Gasteiger partial charge in [-0.1, -0.05) is 29.2 Å². The molecule has 28 heavy (non-hydrogen) atoms. The van der Waals surface area contributed by atoms with Crippen LogP contribution >= 0.6 is 11.6 Å². The molecule has 1 amide bonds. The number of hydrogen-bond donors (Lipinski definition) is 1. The van der Waals surface area contributed by atoms with Crippen LogP contribution in [0.2, 0.25) is 5.02 Å². The summed E-state index contributed by atoms with van der Waals surface area (Å²) in [6.45, 7) is 3.84. The topological polar surface area (TPSA) is 64.1 Å². The lowest BCUT2D eigenvalue weighted by atomic mass is 9.95. The molecule has 0 saturated carbocycles. The number of nitrogens with zero attached hydrogens (tertiary/aromatic N) is 2. The van der Waals surface area contributed by atoms with E-state index in [0.29, 0.717) is 11.4 Å². The van der Waals surface area contributed by atoms with Crippen molar-refractivity contribution in [2.45, 2.75) is 31.9 Å². The summed E-state index contributed by atoms with van der Waals surface area (Å²) >= 11 is 6.40. The molecule has 2 heterocycles. The van der Waals surface area contributed by atoms with Gasteiger partial charge in [0.2, 0.25) is 5.91 Å². The van der Waals surface area contributed by atoms with Gasteiger partial charge in [-0.05, 0) is 43.7 Å². The monoisotopic (exact) mass is 395 g/mol. The van der Waals surface area contributed by atoms with E-state index in [2.05, 4.69) is 15.3 Å². The number of nitrogens with one attached hydrogen (secondary N) is 1. The van der Waals surface area contributed by atoms with Crippen molar-refractivity contribution in [2.24, 2.45) is 0 Å². The molecule has 0 saturated heterocycles. The molecule has 1 atom stereocenters. The minimum atomic E-state index is -0.644. The van der Waals surface area contributed by atoms with Gasteiger partial charge in [-0.2, -0.15) is 0 Å². The van der Waals surface area contributed by atoms with Crippen molar-refractivity contribution in [3.63, 3.8) is 0 Å². The van der Waals surface area contributed by atoms with Crippen LogP contribution in [-0.2, 0) is 21.5 Å². The molecule has 3 aromatic rings. The molecule has 0 radical (unpaired) electrons. The van der Waals surface area contributed by atoms with Gasteiger partial charge in [0.15, 0.2) is 0 Å². The largest absolute Gasteiger partial charge is 0.371 e. The maximum Gasteiger partial charge on any atom is 0.250 e. The number of pyridine rings is 2. The Balaban J connectivity index is 1.80. The van der Waals surface area contributed by atoms with Gasteiger partial charge >= 0.3 is 0 Å². The molecule has 144 valence electrons. The van der Waals surface area contributed by atoms with E-state index < -0.39 is 11.6 Å². The van der Waals surface area contributed by atoms with E-state index in [1.54, 1.807) is 12.4 Å². The molecular weight excluding hydrogens is 373 g/mol. The predicted octanol–water partition coefficient (Wildman–Crippen LogP) is 2.15. The average molecular weight is 396 g/mol. The van der Waals surface area contributed by atoms with Crippen LogP contribution in [-0.4, -0.2) is 36.9 Å². The van der Waals surface area contributed by atoms with Gasteiger partial charge in [0.05, 0.1) is 21.8 Å². The standard InChI is InChI=1S/C21H23BClN3O2/c1-21(2,18-6-4-5-7-24-18)26-20(27)17(28-3)10-13-8-14-11-15(22)12-25-19(14)16(23)9-13/h4-9,11-12,17H,10,22H2,1-3H3,(H,26,27). The fraction of sp³-hybridized carbons (Fsp3) is 0.286. The number of fused-ring (bicyclic) bond motifs is 1. The van der Waals surface area contributed by atoms with Crippen LogP contribution < -0.4 is 10.8 Å². The zero-order chi connectivity index (χ0) is 20.3. The lowest BCUT2D eigenvalue weighted by Crippen LogP contribution is -2.47. The summed E-state index contributed by atoms with van der Waals surface area (Å²) in [6, 6.07) is 11.5. The second-order valence-electron chi connectivity index (χ2n) is 7.42. The molecule has 0 spiro atoms. The third-order valence-corrected chi connectivity index (χ3v) is 4.96. The van der Waals surface area contributed by atoms with E-state index in [-0.39, 0.29) is 5.91 Å². The second kappa shape index (κ2) is 8.29. The highest BCUT2D eigenvalue weighted by Gasteiger charge is 2.28. The Morgan fingerprint density at radius 2 is 2.07 bits per heavy atom. The molecule has 0 aliphatic carbocycles. The Morgan fingerprint density at radius 3 is 2.75 bits per heavy atom. The molecule has 0 aliphatic heterocycles. The van der Waals surface area contributed by atoms with Gasteiger partial charge in [0, 0.05) is 31.3 Å². The first-order valence-corrected chi connectivity index (χ1v) is 9.49. The highest BCUT2D eigenvalue weighted by atomic mass is 35.5. The molecule has 0 fully saturated rings. The number of carbonyl (C=O) groups excluding carboxylic acids is 1. The smallest absolute Gasteiger partial charge is 0.250 e. The van der Waals surface area contributed by atoms with Gasteiger partial charge in [0.25, 0.3) is 0 Å². The Kier molecular flexibility index (Phi) is 6.01. The van der Waals surface area contributed by atoms with Crippen molar-refractivity contribution < 1.29 is 9.53 Å². The summed E-state index contributed by atoms with van der Waals surface area (Å²) in [5.41, 5.74) is 2.90. The first kappa shape index (κ1) is 20.3. The average Bonchev–Trinajstić information content (AvgIpc) is 2.66. The summed E-state index contributed by atoms with van der Waals surface area (Å²) in [5.74, 6) is -0.197. The number of ether oxygens (including phenoxy) is 1. The van der Waals surface area contributed by atoms with Crippen molar-refractivity contribution in [3.8, 4) is 0 Å². The van der Waals surface area contributed by atoms with E-state index in [4.69, 9.17) is 16.3 Å². The molecule has 0 aliphatic rings. The molecule has 2 aromatic heterocycles. The SMILES string of the molecule is Bc1cnc2c(Cl)cc(CC(OC)C(=O)NC(C)(C)c3ccccn3)cc2c1. The van der Waals surface area contributed by atoms with Crippen LogP contribution in [0.3, 0.4) is 0 Å². The summed E-state index contributed by atoms with van der Waals surface area (Å²) in [7, 11) is 3.52. The molecule has 1 unspecified atom stereocenters. The van der Waals surface area contributed by atoms with E-state index in [1.165, 1.54) is 7.11 Å². The molecule has 5 nitrogen and oxygen atoms in total. The van der Waals surface area contributed by atoms with Crippen molar-refractivity contribution in [1.82, 2.24) is 15.3 Å². The normalized spacial score (nSPS) is 12.7. The van der Waals surface area contributed by atoms with Crippen LogP contribution in [0.25, 0.3) is 10.9 Å². The molecule has 3 rings (SSSR count). The fourth-order valence-corrected chi connectivity index (χ4v) is 3.47. The quantitative estimate of drug-likeness (QED) is 0.650. The summed E-state index contributed by atoms with van der Waals surface area (Å²) in [6.07, 6.45) is 3.27. The number of benzene rings is 1. The van der Waals surface area contributed by atoms with Crippen LogP contribution in [0, 0.1) is 0 Å². The molecule has 7 heteroatoms. The molecule has 1 N–H and O–H groups in total. The number of aromatic nitrogens is 2. The number of amides is 1. The lowest BCUT2D eigenvalue weighted by Gasteiger charge is -2.28. The van der Waals surface area contributed by atoms with Crippen molar-refractivity contribution in [2.75, 3.05) is 7.11 Å². The van der Waals surface area contributed by atoms with E-state index >= 15 is 0 Å². The third-order valence-electron chi connectivity index (χ3n) is 4.67. The highest BCUT2D eigenvalue weighted by molar-refractivity contribution is 6.36. The minimum Gasteiger partial charge on any atom is -0.371 e. The van der Waals surface area contributed by atoms with E-state index in [0.717, 1.165) is 27.6 Å². The number of methoxy groups -OCH3 is 1. The maximum absolute atomic E-state index is 12.9. The first-order chi connectivity index (χ1) is 13.3. The van der Waals surface area contributed by atoms with Gasteiger partial charge in [-0.3, -0.25) is 14.8 Å². The number of carbonyl (C=O) groups is 1. The van der Waals surface area contributed by atoms with E-state index in [9.17, 15) is 4.79 Å². The van der Waals surface area contributed by atoms with Crippen LogP contribution in [0.5, 0.6) is 0 Å². The van der Waals surface area contributed by atoms with Crippen molar-refractivity contribution in [1.29, 1.82) is 0 Å². The zero-order valence-corrected chi connectivity index (χ0v) is 17.2. The Labute approximate surface area is 170 Å². The number of hydrogen-bond acceptors (Lipinski definition) is 4. The van der Waals surface area contributed by atoms with Gasteiger partial charge in [-0.15, -0.1) is 0 Å². The lowest BCUT2D eigenvalue weighted by molar-refractivity contribution is -0.132. The second-order valence-corrected chi connectivity index (χ2v) is 7.83. The number of rotatable bonds is 6. The minimum absolute atomic E-state index is 0.197. The predicted molar refractivity (Wildman–Crippen MR) is 115 cm³/mol. The molecular formula is C21H23BClN3O2. The van der Waals surface area contributed by atoms with Crippen LogP contribution in [0.1, 0.15) is 25.1 Å². The summed E-state index contributed by atoms with van der Waals surface area (Å²) in [4.78, 5) is 21.6. The third kappa shape index (κ3) is 4.51. The Bertz CT molecular complexity index is 996. The van der Waals surface area contributed by atoms with Crippen molar-refractivity contribution in [3.05, 3.63) is 65.1 Å². The van der Waals surface area contributed by atoms with Gasteiger partial charge < -0.3 is 10.1 Å². The molecule has 1 aromatic carbocycles. The van der Waals surface area contributed by atoms with Crippen LogP contribution in [0.15, 0.2) is 48.8 Å². The van der Waals surface area contributed by atoms with Crippen LogP contribution in [0.4, 0.5) is 0 Å². The Hall–Kier alpha value is -2.44. The van der Waals surface area contributed by atoms with Gasteiger partial charge in [-0.25, -0.2) is 0 Å². The zero-order valence-electron chi connectivity index (χ0n) is 16.5. The first-order valence-electron chi connectivity index (χ1n) is 9.11. The van der Waals surface area contributed by atoms with E-state index in [1.807, 2.05) is 58.1 Å². The van der Waals surface area contributed by atoms with Crippen molar-refractivity contribution >= 4 is 41.7 Å². The summed E-state index contributed by atoms with van der Waals surface area (Å²) < 4.78 is 5.48. The highest BCUT2D eigenvalue weighted by Crippen LogP contribution is 2.24. The summed E-state index contributed by atoms with van der Waals surface area (Å²) in [5, 5.41) is 4.55.